The van der Waals surface area contributed by atoms with Crippen molar-refractivity contribution in [2.45, 2.75) is 11.8 Å². The summed E-state index contributed by atoms with van der Waals surface area (Å²) in [5.74, 6) is 0.579. The topological polar surface area (TPSA) is 85.1 Å². The second-order valence-electron chi connectivity index (χ2n) is 7.82. The highest BCUT2D eigenvalue weighted by atomic mass is 32.2. The molecule has 5 rings (SSSR count). The van der Waals surface area contributed by atoms with Crippen molar-refractivity contribution >= 4 is 15.7 Å². The molecule has 0 fully saturated rings. The number of sulfonamides is 1. The summed E-state index contributed by atoms with van der Waals surface area (Å²) >= 11 is 0. The molecule has 0 aliphatic carbocycles. The predicted molar refractivity (Wildman–Crippen MR) is 133 cm³/mol. The van der Waals surface area contributed by atoms with Crippen LogP contribution in [0, 0.1) is 6.92 Å². The van der Waals surface area contributed by atoms with Gasteiger partial charge in [-0.05, 0) is 54.4 Å². The van der Waals surface area contributed by atoms with Gasteiger partial charge in [0.15, 0.2) is 0 Å². The summed E-state index contributed by atoms with van der Waals surface area (Å²) in [6.45, 7) is 1.90. The van der Waals surface area contributed by atoms with Crippen molar-refractivity contribution in [1.82, 2.24) is 10.2 Å². The van der Waals surface area contributed by atoms with Crippen LogP contribution in [0.5, 0.6) is 0 Å². The van der Waals surface area contributed by atoms with Crippen LogP contribution in [0.4, 0.5) is 5.69 Å². The maximum absolute atomic E-state index is 12.9. The molecule has 5 aromatic rings. The standard InChI is InChI=1S/C27H21N3O3S/c1-19-11-17-23(18-12-19)34(31,32)30-25-10-6-5-9-24(25)27-29-28-26(33-27)22-15-13-21(14-16-22)20-7-3-2-4-8-20/h2-18,30H,1H3. The number of hydrogen-bond acceptors (Lipinski definition) is 5. The average molecular weight is 468 g/mol. The van der Waals surface area contributed by atoms with E-state index in [9.17, 15) is 8.42 Å². The Hall–Kier alpha value is -4.23. The third kappa shape index (κ3) is 4.46. The lowest BCUT2D eigenvalue weighted by Crippen LogP contribution is -2.13. The maximum Gasteiger partial charge on any atom is 0.261 e. The second-order valence-corrected chi connectivity index (χ2v) is 9.50. The SMILES string of the molecule is Cc1ccc(S(=O)(=O)Nc2ccccc2-c2nnc(-c3ccc(-c4ccccc4)cc3)o2)cc1. The van der Waals surface area contributed by atoms with Crippen LogP contribution in [-0.4, -0.2) is 18.6 Å². The quantitative estimate of drug-likeness (QED) is 0.322. The zero-order valence-electron chi connectivity index (χ0n) is 18.3. The molecule has 34 heavy (non-hydrogen) atoms. The normalized spacial score (nSPS) is 11.3. The monoisotopic (exact) mass is 467 g/mol. The van der Waals surface area contributed by atoms with Gasteiger partial charge in [-0.1, -0.05) is 72.3 Å². The number of anilines is 1. The van der Waals surface area contributed by atoms with E-state index in [1.54, 1.807) is 48.5 Å². The number of benzene rings is 4. The maximum atomic E-state index is 12.9. The molecule has 6 nitrogen and oxygen atoms in total. The van der Waals surface area contributed by atoms with Crippen LogP contribution in [0.2, 0.25) is 0 Å². The van der Waals surface area contributed by atoms with E-state index in [1.807, 2.05) is 61.5 Å². The van der Waals surface area contributed by atoms with Crippen LogP contribution in [0.3, 0.4) is 0 Å². The highest BCUT2D eigenvalue weighted by molar-refractivity contribution is 7.92. The summed E-state index contributed by atoms with van der Waals surface area (Å²) in [5.41, 5.74) is 4.82. The molecule has 0 aliphatic heterocycles. The fourth-order valence-electron chi connectivity index (χ4n) is 3.56. The molecule has 0 aliphatic rings. The van der Waals surface area contributed by atoms with Crippen LogP contribution in [0.25, 0.3) is 34.0 Å². The van der Waals surface area contributed by atoms with Crippen molar-refractivity contribution in [1.29, 1.82) is 0 Å². The highest BCUT2D eigenvalue weighted by Gasteiger charge is 2.19. The average Bonchev–Trinajstić information content (AvgIpc) is 3.35. The second kappa shape index (κ2) is 8.96. The Kier molecular flexibility index (Phi) is 5.69. The van der Waals surface area contributed by atoms with Crippen molar-refractivity contribution in [2.24, 2.45) is 0 Å². The Labute approximate surface area is 198 Å². The number of aryl methyl sites for hydroxylation is 1. The van der Waals surface area contributed by atoms with E-state index in [0.717, 1.165) is 22.3 Å². The van der Waals surface area contributed by atoms with Gasteiger partial charge in [-0.25, -0.2) is 8.42 Å². The lowest BCUT2D eigenvalue weighted by atomic mass is 10.0. The van der Waals surface area contributed by atoms with Gasteiger partial charge in [0.05, 0.1) is 16.1 Å². The number of para-hydroxylation sites is 1. The van der Waals surface area contributed by atoms with Crippen LogP contribution in [0.15, 0.2) is 112 Å². The van der Waals surface area contributed by atoms with E-state index in [-0.39, 0.29) is 10.8 Å². The summed E-state index contributed by atoms with van der Waals surface area (Å²) in [6.07, 6.45) is 0. The van der Waals surface area contributed by atoms with Gasteiger partial charge >= 0.3 is 0 Å². The van der Waals surface area contributed by atoms with Gasteiger partial charge in [-0.3, -0.25) is 4.72 Å². The summed E-state index contributed by atoms with van der Waals surface area (Å²) in [5, 5.41) is 8.34. The van der Waals surface area contributed by atoms with E-state index in [2.05, 4.69) is 14.9 Å². The summed E-state index contributed by atoms with van der Waals surface area (Å²) in [6, 6.07) is 31.5. The fraction of sp³-hybridized carbons (Fsp3) is 0.0370. The molecule has 0 unspecified atom stereocenters. The Morgan fingerprint density at radius 3 is 1.97 bits per heavy atom. The third-order valence-electron chi connectivity index (χ3n) is 5.40. The number of aromatic nitrogens is 2. The van der Waals surface area contributed by atoms with Gasteiger partial charge in [0.2, 0.25) is 11.8 Å². The van der Waals surface area contributed by atoms with Crippen LogP contribution in [0.1, 0.15) is 5.56 Å². The zero-order chi connectivity index (χ0) is 23.5. The van der Waals surface area contributed by atoms with Gasteiger partial charge in [-0.15, -0.1) is 10.2 Å². The zero-order valence-corrected chi connectivity index (χ0v) is 19.2. The summed E-state index contributed by atoms with van der Waals surface area (Å²) in [4.78, 5) is 0.178. The molecule has 4 aromatic carbocycles. The lowest BCUT2D eigenvalue weighted by Gasteiger charge is -2.11. The Bertz CT molecular complexity index is 1530. The van der Waals surface area contributed by atoms with E-state index >= 15 is 0 Å². The molecule has 0 bridgehead atoms. The van der Waals surface area contributed by atoms with Gasteiger partial charge in [-0.2, -0.15) is 0 Å². The van der Waals surface area contributed by atoms with E-state index in [0.29, 0.717) is 17.1 Å². The largest absolute Gasteiger partial charge is 0.416 e. The number of hydrogen-bond donors (Lipinski definition) is 1. The van der Waals surface area contributed by atoms with Crippen molar-refractivity contribution in [3.63, 3.8) is 0 Å². The van der Waals surface area contributed by atoms with Crippen LogP contribution < -0.4 is 4.72 Å². The van der Waals surface area contributed by atoms with E-state index < -0.39 is 10.0 Å². The Morgan fingerprint density at radius 1 is 0.647 bits per heavy atom. The minimum Gasteiger partial charge on any atom is -0.416 e. The molecule has 1 heterocycles. The van der Waals surface area contributed by atoms with E-state index in [4.69, 9.17) is 4.42 Å². The first-order chi connectivity index (χ1) is 16.5. The first-order valence-corrected chi connectivity index (χ1v) is 12.2. The van der Waals surface area contributed by atoms with Gasteiger partial charge < -0.3 is 4.42 Å². The van der Waals surface area contributed by atoms with Crippen molar-refractivity contribution < 1.29 is 12.8 Å². The minimum atomic E-state index is -3.78. The molecule has 1 N–H and O–H groups in total. The number of nitrogens with one attached hydrogen (secondary N) is 1. The van der Waals surface area contributed by atoms with Crippen molar-refractivity contribution in [3.05, 3.63) is 109 Å². The number of rotatable bonds is 6. The molecule has 1 aromatic heterocycles. The molecule has 0 spiro atoms. The summed E-state index contributed by atoms with van der Waals surface area (Å²) < 4.78 is 34.3. The Morgan fingerprint density at radius 2 is 1.24 bits per heavy atom. The van der Waals surface area contributed by atoms with Crippen molar-refractivity contribution in [3.8, 4) is 34.0 Å². The first kappa shape index (κ1) is 21.6. The fourth-order valence-corrected chi connectivity index (χ4v) is 4.64. The lowest BCUT2D eigenvalue weighted by molar-refractivity contribution is 0.585. The molecular formula is C27H21N3O3S. The molecule has 0 saturated heterocycles. The molecule has 168 valence electrons. The third-order valence-corrected chi connectivity index (χ3v) is 6.78. The molecule has 0 atom stereocenters. The molecular weight excluding hydrogens is 446 g/mol. The summed E-state index contributed by atoms with van der Waals surface area (Å²) in [7, 11) is -3.78. The number of nitrogens with zero attached hydrogens (tertiary/aromatic N) is 2. The van der Waals surface area contributed by atoms with E-state index in [1.165, 1.54) is 0 Å². The predicted octanol–water partition coefficient (Wildman–Crippen LogP) is 6.18. The van der Waals surface area contributed by atoms with Gasteiger partial charge in [0.1, 0.15) is 0 Å². The van der Waals surface area contributed by atoms with Gasteiger partial charge in [0, 0.05) is 5.56 Å². The van der Waals surface area contributed by atoms with Crippen LogP contribution >= 0.6 is 0 Å². The minimum absolute atomic E-state index is 0.178. The molecule has 7 heteroatoms. The van der Waals surface area contributed by atoms with Crippen LogP contribution in [-0.2, 0) is 10.0 Å². The molecule has 0 amide bonds. The molecule has 0 radical (unpaired) electrons. The van der Waals surface area contributed by atoms with Crippen molar-refractivity contribution in [2.75, 3.05) is 4.72 Å². The first-order valence-electron chi connectivity index (χ1n) is 10.7. The molecule has 0 saturated carbocycles. The smallest absolute Gasteiger partial charge is 0.261 e. The van der Waals surface area contributed by atoms with Gasteiger partial charge in [0.25, 0.3) is 10.0 Å². The Balaban J connectivity index is 1.42. The highest BCUT2D eigenvalue weighted by Crippen LogP contribution is 2.31.